The van der Waals surface area contributed by atoms with Gasteiger partial charge in [-0.15, -0.1) is 11.3 Å². The SMILES string of the molecule is CC(C)(C)OC(=O)N1CCC(c2cc(=O)[nH]c(C(=CN)c3nc(-c4ccc(C(F)(F)F)cc4)cs3)n2)CC1. The molecule has 202 valence electrons. The summed E-state index contributed by atoms with van der Waals surface area (Å²) in [6.45, 7) is 6.41. The average molecular weight is 548 g/mol. The highest BCUT2D eigenvalue weighted by Crippen LogP contribution is 2.33. The second kappa shape index (κ2) is 10.6. The number of halogens is 3. The molecule has 1 amide bonds. The Hall–Kier alpha value is -3.67. The summed E-state index contributed by atoms with van der Waals surface area (Å²) >= 11 is 1.24. The number of hydrogen-bond donors (Lipinski definition) is 2. The van der Waals surface area contributed by atoms with Crippen LogP contribution in [0.15, 0.2) is 46.7 Å². The highest BCUT2D eigenvalue weighted by Gasteiger charge is 2.30. The maximum absolute atomic E-state index is 12.9. The third kappa shape index (κ3) is 6.42. The standard InChI is InChI=1S/C26H28F3N5O3S/c1-25(2,3)37-24(36)34-10-8-16(9-11-34)19-12-21(35)33-22(31-19)18(13-30)23-32-20(14-38-23)15-4-6-17(7-5-15)26(27,28)29/h4-7,12-14,16H,8-11,30H2,1-3H3,(H,31,33,35). The van der Waals surface area contributed by atoms with Crippen LogP contribution >= 0.6 is 11.3 Å². The number of piperidine rings is 1. The number of likely N-dealkylation sites (tertiary alicyclic amines) is 1. The number of carbonyl (C=O) groups is 1. The van der Waals surface area contributed by atoms with Crippen LogP contribution in [0.5, 0.6) is 0 Å². The molecule has 1 aliphatic rings. The topological polar surface area (TPSA) is 114 Å². The Morgan fingerprint density at radius 1 is 1.16 bits per heavy atom. The fourth-order valence-corrected chi connectivity index (χ4v) is 4.96. The number of alkyl halides is 3. The van der Waals surface area contributed by atoms with Crippen LogP contribution in [0.3, 0.4) is 0 Å². The Morgan fingerprint density at radius 3 is 2.39 bits per heavy atom. The number of aromatic nitrogens is 3. The van der Waals surface area contributed by atoms with Crippen LogP contribution in [0.25, 0.3) is 16.8 Å². The van der Waals surface area contributed by atoms with Crippen molar-refractivity contribution in [3.63, 3.8) is 0 Å². The second-order valence-electron chi connectivity index (χ2n) is 9.95. The van der Waals surface area contributed by atoms with Crippen LogP contribution in [0.2, 0.25) is 0 Å². The van der Waals surface area contributed by atoms with Gasteiger partial charge in [-0.25, -0.2) is 14.8 Å². The Kier molecular flexibility index (Phi) is 7.63. The molecule has 0 spiro atoms. The van der Waals surface area contributed by atoms with Crippen LogP contribution in [0, 0.1) is 0 Å². The highest BCUT2D eigenvalue weighted by atomic mass is 32.1. The fourth-order valence-electron chi connectivity index (χ4n) is 4.11. The number of nitrogens with one attached hydrogen (secondary N) is 1. The number of aromatic amines is 1. The van der Waals surface area contributed by atoms with Crippen molar-refractivity contribution < 1.29 is 22.7 Å². The minimum atomic E-state index is -4.42. The molecule has 2 aromatic heterocycles. The van der Waals surface area contributed by atoms with Gasteiger partial charge in [-0.1, -0.05) is 12.1 Å². The summed E-state index contributed by atoms with van der Waals surface area (Å²) in [5.41, 5.74) is 6.21. The third-order valence-electron chi connectivity index (χ3n) is 5.99. The second-order valence-corrected chi connectivity index (χ2v) is 10.8. The number of H-pyrrole nitrogens is 1. The number of nitrogens with zero attached hydrogens (tertiary/aromatic N) is 3. The molecule has 1 saturated heterocycles. The largest absolute Gasteiger partial charge is 0.444 e. The van der Waals surface area contributed by atoms with Gasteiger partial charge in [0.2, 0.25) is 0 Å². The Bertz CT molecular complexity index is 1380. The maximum atomic E-state index is 12.9. The zero-order chi connectivity index (χ0) is 27.7. The normalized spacial score (nSPS) is 15.5. The Balaban J connectivity index is 1.51. The number of ether oxygens (including phenoxy) is 1. The number of carbonyl (C=O) groups excluding carboxylic acids is 1. The van der Waals surface area contributed by atoms with Gasteiger partial charge in [0.05, 0.1) is 22.5 Å². The number of amides is 1. The van der Waals surface area contributed by atoms with Gasteiger partial charge in [-0.2, -0.15) is 13.2 Å². The molecular weight excluding hydrogens is 519 g/mol. The molecule has 0 unspecified atom stereocenters. The molecular formula is C26H28F3N5O3S. The summed E-state index contributed by atoms with van der Waals surface area (Å²) in [6, 6.07) is 6.17. The van der Waals surface area contributed by atoms with Crippen molar-refractivity contribution in [3.8, 4) is 11.3 Å². The van der Waals surface area contributed by atoms with E-state index in [9.17, 15) is 22.8 Å². The number of benzene rings is 1. The molecule has 1 fully saturated rings. The van der Waals surface area contributed by atoms with Crippen LogP contribution in [0.4, 0.5) is 18.0 Å². The molecule has 0 aliphatic carbocycles. The molecule has 3 N–H and O–H groups in total. The first-order chi connectivity index (χ1) is 17.8. The van der Waals surface area contributed by atoms with Gasteiger partial charge < -0.3 is 20.4 Å². The van der Waals surface area contributed by atoms with Gasteiger partial charge in [0.25, 0.3) is 5.56 Å². The first-order valence-electron chi connectivity index (χ1n) is 12.0. The summed E-state index contributed by atoms with van der Waals surface area (Å²) in [4.78, 5) is 38.4. The molecule has 3 heterocycles. The molecule has 0 radical (unpaired) electrons. The summed E-state index contributed by atoms with van der Waals surface area (Å²) in [5.74, 6) is 0.214. The van der Waals surface area contributed by atoms with Gasteiger partial charge in [-0.3, -0.25) is 4.79 Å². The molecule has 12 heteroatoms. The van der Waals surface area contributed by atoms with Crippen molar-refractivity contribution in [3.05, 3.63) is 74.4 Å². The van der Waals surface area contributed by atoms with Crippen LogP contribution in [0.1, 0.15) is 61.6 Å². The predicted molar refractivity (Wildman–Crippen MR) is 138 cm³/mol. The van der Waals surface area contributed by atoms with E-state index < -0.39 is 17.3 Å². The number of thiazole rings is 1. The molecule has 8 nitrogen and oxygen atoms in total. The van der Waals surface area contributed by atoms with Crippen molar-refractivity contribution in [2.75, 3.05) is 13.1 Å². The lowest BCUT2D eigenvalue weighted by atomic mass is 9.93. The lowest BCUT2D eigenvalue weighted by Gasteiger charge is -2.33. The zero-order valence-corrected chi connectivity index (χ0v) is 21.9. The summed E-state index contributed by atoms with van der Waals surface area (Å²) < 4.78 is 44.1. The monoisotopic (exact) mass is 547 g/mol. The maximum Gasteiger partial charge on any atom is 0.416 e. The van der Waals surface area contributed by atoms with Crippen molar-refractivity contribution >= 4 is 23.0 Å². The van der Waals surface area contributed by atoms with E-state index in [-0.39, 0.29) is 23.4 Å². The minimum absolute atomic E-state index is 0.0345. The molecule has 0 bridgehead atoms. The Morgan fingerprint density at radius 2 is 1.82 bits per heavy atom. The molecule has 4 rings (SSSR count). The van der Waals surface area contributed by atoms with Crippen molar-refractivity contribution in [2.24, 2.45) is 5.73 Å². The van der Waals surface area contributed by atoms with Crippen LogP contribution in [-0.4, -0.2) is 44.6 Å². The predicted octanol–water partition coefficient (Wildman–Crippen LogP) is 5.37. The first kappa shape index (κ1) is 27.4. The van der Waals surface area contributed by atoms with Gasteiger partial charge in [0.1, 0.15) is 16.4 Å². The number of hydrogen-bond acceptors (Lipinski definition) is 7. The van der Waals surface area contributed by atoms with E-state index in [1.807, 2.05) is 20.8 Å². The van der Waals surface area contributed by atoms with E-state index in [1.54, 1.807) is 10.3 Å². The zero-order valence-electron chi connectivity index (χ0n) is 21.1. The van der Waals surface area contributed by atoms with Gasteiger partial charge in [0, 0.05) is 42.2 Å². The van der Waals surface area contributed by atoms with Crippen molar-refractivity contribution in [1.29, 1.82) is 0 Å². The van der Waals surface area contributed by atoms with Gasteiger partial charge in [0.15, 0.2) is 0 Å². The van der Waals surface area contributed by atoms with E-state index in [4.69, 9.17) is 10.5 Å². The Labute approximate surface area is 221 Å². The molecule has 3 aromatic rings. The lowest BCUT2D eigenvalue weighted by Crippen LogP contribution is -2.41. The van der Waals surface area contributed by atoms with Crippen molar-refractivity contribution in [2.45, 2.75) is 51.3 Å². The molecule has 0 atom stereocenters. The molecule has 1 aromatic carbocycles. The van der Waals surface area contributed by atoms with Crippen LogP contribution in [-0.2, 0) is 10.9 Å². The molecule has 38 heavy (non-hydrogen) atoms. The van der Waals surface area contributed by atoms with Crippen molar-refractivity contribution in [1.82, 2.24) is 19.9 Å². The van der Waals surface area contributed by atoms with E-state index >= 15 is 0 Å². The number of rotatable bonds is 4. The molecule has 1 aliphatic heterocycles. The smallest absolute Gasteiger partial charge is 0.416 e. The fraction of sp³-hybridized carbons (Fsp3) is 0.385. The minimum Gasteiger partial charge on any atom is -0.444 e. The van der Waals surface area contributed by atoms with Gasteiger partial charge in [-0.05, 0) is 45.7 Å². The summed E-state index contributed by atoms with van der Waals surface area (Å²) in [6.07, 6.45) is -2.26. The average Bonchev–Trinajstić information content (AvgIpc) is 3.33. The highest BCUT2D eigenvalue weighted by molar-refractivity contribution is 7.11. The van der Waals surface area contributed by atoms with E-state index in [2.05, 4.69) is 15.0 Å². The lowest BCUT2D eigenvalue weighted by molar-refractivity contribution is -0.137. The van der Waals surface area contributed by atoms with E-state index in [0.717, 1.165) is 12.1 Å². The van der Waals surface area contributed by atoms with Gasteiger partial charge >= 0.3 is 12.3 Å². The quantitative estimate of drug-likeness (QED) is 0.454. The van der Waals surface area contributed by atoms with E-state index in [0.29, 0.717) is 53.5 Å². The summed E-state index contributed by atoms with van der Waals surface area (Å²) in [5, 5.41) is 2.16. The summed E-state index contributed by atoms with van der Waals surface area (Å²) in [7, 11) is 0. The number of nitrogens with two attached hydrogens (primary N) is 1. The molecule has 0 saturated carbocycles. The first-order valence-corrected chi connectivity index (χ1v) is 12.9. The third-order valence-corrected chi connectivity index (χ3v) is 6.87. The van der Waals surface area contributed by atoms with E-state index in [1.165, 1.54) is 35.7 Å². The van der Waals surface area contributed by atoms with Crippen LogP contribution < -0.4 is 11.3 Å².